The van der Waals surface area contributed by atoms with Gasteiger partial charge in [0.15, 0.2) is 0 Å². The summed E-state index contributed by atoms with van der Waals surface area (Å²) in [5.41, 5.74) is -0.261. The van der Waals surface area contributed by atoms with E-state index < -0.39 is 68.8 Å². The summed E-state index contributed by atoms with van der Waals surface area (Å²) in [5.74, 6) is -1.17. The maximum absolute atomic E-state index is 14.9. The van der Waals surface area contributed by atoms with Crippen LogP contribution in [-0.2, 0) is 30.8 Å². The molecule has 334 valence electrons. The molecule has 0 spiro atoms. The average Bonchev–Trinajstić information content (AvgIpc) is 3.47. The van der Waals surface area contributed by atoms with E-state index in [1.54, 1.807) is 59.1 Å². The zero-order chi connectivity index (χ0) is 45.7. The number of carbonyl (C=O) groups is 3. The van der Waals surface area contributed by atoms with Gasteiger partial charge in [-0.05, 0) is 61.1 Å². The Balaban J connectivity index is 1.40. The average molecular weight is 900 g/mol. The Morgan fingerprint density at radius 1 is 1.06 bits per heavy atom. The number of nitrogens with zero attached hydrogens (tertiary/aromatic N) is 4. The number of benzene rings is 2. The van der Waals surface area contributed by atoms with Crippen molar-refractivity contribution >= 4 is 55.9 Å². The van der Waals surface area contributed by atoms with Crippen molar-refractivity contribution in [3.63, 3.8) is 0 Å². The summed E-state index contributed by atoms with van der Waals surface area (Å²) in [5, 5.41) is 9.01. The lowest BCUT2D eigenvalue weighted by molar-refractivity contribution is -0.141. The molecule has 62 heavy (non-hydrogen) atoms. The summed E-state index contributed by atoms with van der Waals surface area (Å²) in [4.78, 5) is 54.2. The number of thiazole rings is 1. The molecule has 3 heterocycles. The highest BCUT2D eigenvalue weighted by Crippen LogP contribution is 2.44. The van der Waals surface area contributed by atoms with Crippen molar-refractivity contribution in [2.24, 2.45) is 5.41 Å². The number of amides is 3. The van der Waals surface area contributed by atoms with Gasteiger partial charge >= 0.3 is 16.4 Å². The fourth-order valence-corrected chi connectivity index (χ4v) is 8.92. The van der Waals surface area contributed by atoms with E-state index in [1.807, 2.05) is 30.9 Å². The van der Waals surface area contributed by atoms with Crippen LogP contribution in [-0.4, -0.2) is 96.8 Å². The van der Waals surface area contributed by atoms with Crippen LogP contribution in [0.3, 0.4) is 0 Å². The molecular weight excluding hydrogens is 848 g/mol. The number of hydrogen-bond acceptors (Lipinski definition) is 11. The highest BCUT2D eigenvalue weighted by Gasteiger charge is 2.59. The lowest BCUT2D eigenvalue weighted by Crippen LogP contribution is -2.58. The number of aryl methyl sites for hydroxylation is 1. The first-order valence-corrected chi connectivity index (χ1v) is 22.3. The van der Waals surface area contributed by atoms with Gasteiger partial charge in [0.2, 0.25) is 11.8 Å². The maximum Gasteiger partial charge on any atom is 0.416 e. The van der Waals surface area contributed by atoms with E-state index in [-0.39, 0.29) is 31.0 Å². The number of allylic oxidation sites excluding steroid dienone is 1. The van der Waals surface area contributed by atoms with Crippen LogP contribution in [0.1, 0.15) is 77.1 Å². The molecule has 1 saturated carbocycles. The van der Waals surface area contributed by atoms with E-state index in [9.17, 15) is 36.0 Å². The minimum Gasteiger partial charge on any atom is -0.496 e. The molecule has 3 amide bonds. The zero-order valence-electron chi connectivity index (χ0n) is 36.2. The standard InChI is InChI=1S/C43H52F3N7O7S2/c1-11-25-20-42(25,40(56)51-62(57,58)52(8)9)50-37(54)32-18-28(21-53(32)39(55)36(41(5,6)7)47-27-14-12-13-26(17-27)43(44,45)46)60-34-19-30(38-49-31(22-61-38)23(2)3)48-35-24(4)33(59-10)16-15-29(34)35/h11-17,19,22-23,28,32,36,47H,18,20-21H2,1-10H3,(H,50,54)(H,51,56)/b25-11-/t28-,32+,36-,42-/m1/s1. The molecule has 4 aromatic rings. The third-order valence-electron chi connectivity index (χ3n) is 11.1. The van der Waals surface area contributed by atoms with Gasteiger partial charge in [0, 0.05) is 55.0 Å². The van der Waals surface area contributed by atoms with Crippen LogP contribution in [0.15, 0.2) is 59.5 Å². The number of aromatic nitrogens is 2. The SMILES string of the molecule is C/C=C1/C[C@]1(NC(=O)[C@@H]1C[C@@H](Oc2cc(-c3nc(C(C)C)cs3)nc3c(C)c(OC)ccc23)CN1C(=O)[C@@H](Nc1cccc(C(F)(F)F)c1)C(C)(C)C)C(=O)NS(=O)(=O)N(C)C. The van der Waals surface area contributed by atoms with E-state index >= 15 is 0 Å². The Kier molecular flexibility index (Phi) is 12.8. The van der Waals surface area contributed by atoms with Crippen LogP contribution < -0.4 is 24.8 Å². The Morgan fingerprint density at radius 2 is 1.77 bits per heavy atom. The first-order valence-electron chi connectivity index (χ1n) is 20.0. The molecule has 6 rings (SSSR count). The summed E-state index contributed by atoms with van der Waals surface area (Å²) < 4.78 is 81.9. The molecule has 1 saturated heterocycles. The molecule has 1 aliphatic carbocycles. The molecule has 2 aliphatic rings. The highest BCUT2D eigenvalue weighted by molar-refractivity contribution is 7.87. The predicted molar refractivity (Wildman–Crippen MR) is 231 cm³/mol. The number of anilines is 1. The summed E-state index contributed by atoms with van der Waals surface area (Å²) in [6.07, 6.45) is -3.90. The first kappa shape index (κ1) is 46.2. The number of halogens is 3. The summed E-state index contributed by atoms with van der Waals surface area (Å²) in [6.45, 7) is 12.7. The number of nitrogens with one attached hydrogen (secondary N) is 3. The molecule has 2 aromatic heterocycles. The van der Waals surface area contributed by atoms with E-state index in [0.717, 1.165) is 27.7 Å². The third kappa shape index (κ3) is 9.39. The highest BCUT2D eigenvalue weighted by atomic mass is 32.2. The number of hydrogen-bond donors (Lipinski definition) is 3. The van der Waals surface area contributed by atoms with Gasteiger partial charge < -0.3 is 25.0 Å². The molecule has 4 atom stereocenters. The monoisotopic (exact) mass is 899 g/mol. The van der Waals surface area contributed by atoms with E-state index in [0.29, 0.717) is 38.7 Å². The van der Waals surface area contributed by atoms with Gasteiger partial charge in [-0.2, -0.15) is 25.9 Å². The van der Waals surface area contributed by atoms with Gasteiger partial charge in [0.05, 0.1) is 30.4 Å². The molecule has 0 bridgehead atoms. The van der Waals surface area contributed by atoms with Gasteiger partial charge in [-0.1, -0.05) is 46.8 Å². The fraction of sp³-hybridized carbons (Fsp3) is 0.465. The second-order valence-corrected chi connectivity index (χ2v) is 19.9. The summed E-state index contributed by atoms with van der Waals surface area (Å²) in [6, 6.07) is 7.44. The fourth-order valence-electron chi connectivity index (χ4n) is 7.38. The topological polar surface area (TPSA) is 172 Å². The van der Waals surface area contributed by atoms with Crippen molar-refractivity contribution in [2.75, 3.05) is 33.1 Å². The minimum atomic E-state index is -4.64. The molecule has 2 aromatic carbocycles. The Labute approximate surface area is 363 Å². The first-order chi connectivity index (χ1) is 28.9. The Bertz CT molecular complexity index is 2540. The second-order valence-electron chi connectivity index (χ2n) is 17.1. The van der Waals surface area contributed by atoms with Crippen molar-refractivity contribution < 1.29 is 45.4 Å². The van der Waals surface area contributed by atoms with Crippen LogP contribution in [0.5, 0.6) is 11.5 Å². The number of methoxy groups -OCH3 is 1. The summed E-state index contributed by atoms with van der Waals surface area (Å²) >= 11 is 1.43. The van der Waals surface area contributed by atoms with Gasteiger partial charge in [-0.15, -0.1) is 11.3 Å². The van der Waals surface area contributed by atoms with Crippen LogP contribution in [0.25, 0.3) is 21.6 Å². The minimum absolute atomic E-state index is 0.0240. The van der Waals surface area contributed by atoms with Crippen LogP contribution in [0.4, 0.5) is 18.9 Å². The molecule has 3 N–H and O–H groups in total. The van der Waals surface area contributed by atoms with Crippen molar-refractivity contribution in [3.8, 4) is 22.2 Å². The van der Waals surface area contributed by atoms with E-state index in [4.69, 9.17) is 19.4 Å². The quantitative estimate of drug-likeness (QED) is 0.121. The third-order valence-corrected chi connectivity index (χ3v) is 13.4. The maximum atomic E-state index is 14.9. The smallest absolute Gasteiger partial charge is 0.416 e. The Hall–Kier alpha value is -5.27. The van der Waals surface area contributed by atoms with E-state index in [1.165, 1.54) is 42.5 Å². The second kappa shape index (κ2) is 17.1. The number of rotatable bonds is 13. The number of carbonyl (C=O) groups excluding carboxylic acids is 3. The molecule has 19 heteroatoms. The van der Waals surface area contributed by atoms with Gasteiger partial charge in [0.1, 0.15) is 45.9 Å². The lowest BCUT2D eigenvalue weighted by atomic mass is 9.85. The number of pyridine rings is 1. The largest absolute Gasteiger partial charge is 0.496 e. The van der Waals surface area contributed by atoms with Gasteiger partial charge in [-0.25, -0.2) is 14.7 Å². The number of ether oxygens (including phenoxy) is 2. The van der Waals surface area contributed by atoms with Crippen LogP contribution >= 0.6 is 11.3 Å². The van der Waals surface area contributed by atoms with Crippen molar-refractivity contribution in [3.05, 3.63) is 76.3 Å². The molecular formula is C43H52F3N7O7S2. The Morgan fingerprint density at radius 3 is 2.35 bits per heavy atom. The molecule has 2 fully saturated rings. The molecule has 0 radical (unpaired) electrons. The molecule has 0 unspecified atom stereocenters. The van der Waals surface area contributed by atoms with Gasteiger partial charge in [-0.3, -0.25) is 14.4 Å². The predicted octanol–water partition coefficient (Wildman–Crippen LogP) is 6.82. The lowest BCUT2D eigenvalue weighted by Gasteiger charge is -2.36. The summed E-state index contributed by atoms with van der Waals surface area (Å²) in [7, 11) is -0.186. The normalized spacial score (nSPS) is 20.4. The molecule has 14 nitrogen and oxygen atoms in total. The number of alkyl halides is 3. The van der Waals surface area contributed by atoms with Crippen molar-refractivity contribution in [1.82, 2.24) is 29.2 Å². The molecule has 1 aliphatic heterocycles. The van der Waals surface area contributed by atoms with Gasteiger partial charge in [0.25, 0.3) is 5.91 Å². The number of fused-ring (bicyclic) bond motifs is 1. The van der Waals surface area contributed by atoms with Crippen molar-refractivity contribution in [2.45, 2.75) is 97.1 Å². The van der Waals surface area contributed by atoms with Crippen LogP contribution in [0.2, 0.25) is 0 Å². The van der Waals surface area contributed by atoms with Crippen molar-refractivity contribution in [1.29, 1.82) is 0 Å². The number of likely N-dealkylation sites (tertiary alicyclic amines) is 1. The van der Waals surface area contributed by atoms with Crippen LogP contribution in [0, 0.1) is 12.3 Å². The van der Waals surface area contributed by atoms with E-state index in [2.05, 4.69) is 10.6 Å². The zero-order valence-corrected chi connectivity index (χ0v) is 37.9.